The largest absolute Gasteiger partial charge is 0.498 e. The van der Waals surface area contributed by atoms with Crippen molar-refractivity contribution in [1.82, 2.24) is 0 Å². The molecule has 21 heavy (non-hydrogen) atoms. The highest BCUT2D eigenvalue weighted by Crippen LogP contribution is 2.38. The fourth-order valence-corrected chi connectivity index (χ4v) is 2.70. The van der Waals surface area contributed by atoms with Gasteiger partial charge in [0.05, 0.1) is 17.3 Å². The molecule has 3 rings (SSSR count). The molecule has 0 atom stereocenters. The molecule has 1 aliphatic heterocycles. The Morgan fingerprint density at radius 2 is 1.76 bits per heavy atom. The lowest BCUT2D eigenvalue weighted by atomic mass is 9.78. The molecule has 2 fully saturated rings. The third-order valence-electron chi connectivity index (χ3n) is 4.55. The van der Waals surface area contributed by atoms with E-state index in [0.29, 0.717) is 6.10 Å². The summed E-state index contributed by atoms with van der Waals surface area (Å²) in [5.74, 6) is 0.905. The van der Waals surface area contributed by atoms with Gasteiger partial charge in [-0.3, -0.25) is 0 Å². The maximum absolute atomic E-state index is 6.16. The van der Waals surface area contributed by atoms with Crippen molar-refractivity contribution in [2.24, 2.45) is 0 Å². The average Bonchev–Trinajstić information content (AvgIpc) is 3.17. The first kappa shape index (κ1) is 15.3. The van der Waals surface area contributed by atoms with E-state index in [1.54, 1.807) is 11.8 Å². The van der Waals surface area contributed by atoms with E-state index in [1.165, 1.54) is 4.90 Å². The number of ether oxygens (including phenoxy) is 1. The van der Waals surface area contributed by atoms with Crippen molar-refractivity contribution in [3.63, 3.8) is 0 Å². The predicted octanol–water partition coefficient (Wildman–Crippen LogP) is 3.25. The lowest BCUT2D eigenvalue weighted by molar-refractivity contribution is 0.00578. The average molecular weight is 306 g/mol. The van der Waals surface area contributed by atoms with Gasteiger partial charge in [-0.15, -0.1) is 11.8 Å². The molecule has 1 saturated heterocycles. The second kappa shape index (κ2) is 5.22. The van der Waals surface area contributed by atoms with Crippen LogP contribution >= 0.6 is 11.8 Å². The van der Waals surface area contributed by atoms with E-state index in [1.807, 2.05) is 0 Å². The van der Waals surface area contributed by atoms with E-state index < -0.39 is 0 Å². The van der Waals surface area contributed by atoms with Gasteiger partial charge in [0.2, 0.25) is 0 Å². The fraction of sp³-hybridized carbons (Fsp3) is 0.625. The fourth-order valence-electron chi connectivity index (χ4n) is 2.27. The predicted molar refractivity (Wildman–Crippen MR) is 87.6 cm³/mol. The van der Waals surface area contributed by atoms with Crippen molar-refractivity contribution in [2.75, 3.05) is 6.26 Å². The smallest absolute Gasteiger partial charge is 0.491 e. The summed E-state index contributed by atoms with van der Waals surface area (Å²) in [6.07, 6.45) is 4.73. The Balaban J connectivity index is 1.91. The van der Waals surface area contributed by atoms with E-state index >= 15 is 0 Å². The molecule has 1 aromatic rings. The summed E-state index contributed by atoms with van der Waals surface area (Å²) in [6.45, 7) is 8.30. The van der Waals surface area contributed by atoms with Crippen LogP contribution in [0.2, 0.25) is 0 Å². The van der Waals surface area contributed by atoms with Crippen LogP contribution in [0.1, 0.15) is 40.5 Å². The molecule has 1 saturated carbocycles. The minimum absolute atomic E-state index is 0.327. The molecule has 1 heterocycles. The van der Waals surface area contributed by atoms with E-state index in [9.17, 15) is 0 Å². The molecule has 3 nitrogen and oxygen atoms in total. The van der Waals surface area contributed by atoms with Crippen LogP contribution in [0.4, 0.5) is 0 Å². The maximum Gasteiger partial charge on any atom is 0.498 e. The highest BCUT2D eigenvalue weighted by atomic mass is 32.2. The van der Waals surface area contributed by atoms with Gasteiger partial charge in [0.1, 0.15) is 5.75 Å². The van der Waals surface area contributed by atoms with Crippen LogP contribution in [-0.2, 0) is 9.31 Å². The van der Waals surface area contributed by atoms with Crippen molar-refractivity contribution >= 4 is 24.3 Å². The zero-order valence-corrected chi connectivity index (χ0v) is 14.3. The number of rotatable bonds is 4. The molecule has 0 aromatic heterocycles. The van der Waals surface area contributed by atoms with E-state index in [2.05, 4.69) is 52.1 Å². The number of benzene rings is 1. The summed E-state index contributed by atoms with van der Waals surface area (Å²) in [6, 6.07) is 6.28. The quantitative estimate of drug-likeness (QED) is 0.630. The molecular weight excluding hydrogens is 283 g/mol. The van der Waals surface area contributed by atoms with Gasteiger partial charge < -0.3 is 14.0 Å². The molecule has 0 unspecified atom stereocenters. The minimum atomic E-state index is -0.361. The third kappa shape index (κ3) is 2.96. The third-order valence-corrected chi connectivity index (χ3v) is 5.27. The molecule has 0 amide bonds. The van der Waals surface area contributed by atoms with Crippen molar-refractivity contribution in [1.29, 1.82) is 0 Å². The van der Waals surface area contributed by atoms with E-state index in [4.69, 9.17) is 14.0 Å². The molecule has 5 heteroatoms. The second-order valence-electron chi connectivity index (χ2n) is 6.81. The van der Waals surface area contributed by atoms with Gasteiger partial charge in [0, 0.05) is 10.4 Å². The summed E-state index contributed by atoms with van der Waals surface area (Å²) in [4.78, 5) is 1.20. The van der Waals surface area contributed by atoms with Gasteiger partial charge in [0.25, 0.3) is 0 Å². The first-order valence-corrected chi connectivity index (χ1v) is 8.75. The van der Waals surface area contributed by atoms with Gasteiger partial charge in [-0.05, 0) is 58.9 Å². The molecule has 2 aliphatic rings. The lowest BCUT2D eigenvalue weighted by Gasteiger charge is -2.32. The maximum atomic E-state index is 6.16. The first-order chi connectivity index (χ1) is 9.82. The van der Waals surface area contributed by atoms with E-state index in [-0.39, 0.29) is 18.3 Å². The Hall–Kier alpha value is -0.645. The van der Waals surface area contributed by atoms with Crippen LogP contribution < -0.4 is 10.2 Å². The molecule has 0 spiro atoms. The second-order valence-corrected chi connectivity index (χ2v) is 7.69. The zero-order chi connectivity index (χ0) is 15.3. The Bertz CT molecular complexity index is 524. The van der Waals surface area contributed by atoms with Crippen molar-refractivity contribution in [3.8, 4) is 5.75 Å². The van der Waals surface area contributed by atoms with Gasteiger partial charge >= 0.3 is 7.12 Å². The number of hydrogen-bond donors (Lipinski definition) is 0. The SMILES string of the molecule is CSc1ccc(B2OC(C)(C)C(C)(C)O2)c(OC2CC2)c1. The van der Waals surface area contributed by atoms with Crippen molar-refractivity contribution in [3.05, 3.63) is 18.2 Å². The Kier molecular flexibility index (Phi) is 3.79. The van der Waals surface area contributed by atoms with Crippen LogP contribution in [0.3, 0.4) is 0 Å². The minimum Gasteiger partial charge on any atom is -0.491 e. The van der Waals surface area contributed by atoms with Gasteiger partial charge in [-0.2, -0.15) is 0 Å². The molecule has 0 N–H and O–H groups in total. The standard InChI is InChI=1S/C16H23BO3S/c1-15(2)16(3,4)20-17(19-15)13-9-8-12(21-5)10-14(13)18-11-6-7-11/h8-11H,6-7H2,1-5H3. The Morgan fingerprint density at radius 1 is 1.14 bits per heavy atom. The van der Waals surface area contributed by atoms with Crippen LogP contribution in [0.5, 0.6) is 5.75 Å². The lowest BCUT2D eigenvalue weighted by Crippen LogP contribution is -2.41. The van der Waals surface area contributed by atoms with Crippen molar-refractivity contribution < 1.29 is 14.0 Å². The highest BCUT2D eigenvalue weighted by molar-refractivity contribution is 7.98. The van der Waals surface area contributed by atoms with E-state index in [0.717, 1.165) is 24.1 Å². The zero-order valence-electron chi connectivity index (χ0n) is 13.4. The Morgan fingerprint density at radius 3 is 2.29 bits per heavy atom. The molecule has 1 aromatic carbocycles. The Labute approximate surface area is 131 Å². The molecule has 0 radical (unpaired) electrons. The summed E-state index contributed by atoms with van der Waals surface area (Å²) in [5, 5.41) is 0. The summed E-state index contributed by atoms with van der Waals surface area (Å²) in [7, 11) is -0.361. The molecule has 0 bridgehead atoms. The molecule has 1 aliphatic carbocycles. The summed E-state index contributed by atoms with van der Waals surface area (Å²) >= 11 is 1.72. The van der Waals surface area contributed by atoms with Gasteiger partial charge in [0.15, 0.2) is 0 Å². The number of hydrogen-bond acceptors (Lipinski definition) is 4. The van der Waals surface area contributed by atoms with Crippen LogP contribution in [-0.4, -0.2) is 30.7 Å². The monoisotopic (exact) mass is 306 g/mol. The highest BCUT2D eigenvalue weighted by Gasteiger charge is 2.52. The van der Waals surface area contributed by atoms with Crippen molar-refractivity contribution in [2.45, 2.75) is 62.7 Å². The normalized spacial score (nSPS) is 23.4. The van der Waals surface area contributed by atoms with Gasteiger partial charge in [-0.1, -0.05) is 6.07 Å². The van der Waals surface area contributed by atoms with Gasteiger partial charge in [-0.25, -0.2) is 0 Å². The molecular formula is C16H23BO3S. The topological polar surface area (TPSA) is 27.7 Å². The van der Waals surface area contributed by atoms with Crippen LogP contribution in [0.25, 0.3) is 0 Å². The number of thioether (sulfide) groups is 1. The van der Waals surface area contributed by atoms with Crippen LogP contribution in [0.15, 0.2) is 23.1 Å². The first-order valence-electron chi connectivity index (χ1n) is 7.53. The summed E-state index contributed by atoms with van der Waals surface area (Å²) in [5.41, 5.74) is 0.345. The van der Waals surface area contributed by atoms with Crippen LogP contribution in [0, 0.1) is 0 Å². The summed E-state index contributed by atoms with van der Waals surface area (Å²) < 4.78 is 18.4. The molecule has 114 valence electrons.